The molecule has 0 N–H and O–H groups in total. The molecule has 0 saturated carbocycles. The molecule has 0 fully saturated rings. The minimum absolute atomic E-state index is 1.11. The van der Waals surface area contributed by atoms with Crippen LogP contribution in [0.4, 0.5) is 0 Å². The Balaban J connectivity index is 3.00. The van der Waals surface area contributed by atoms with Gasteiger partial charge < -0.3 is 0 Å². The fourth-order valence-corrected chi connectivity index (χ4v) is 2.85. The highest BCUT2D eigenvalue weighted by atomic mass is 14.0. The molecule has 130 valence electrons. The Labute approximate surface area is 141 Å². The highest BCUT2D eigenvalue weighted by molar-refractivity contribution is 4.98. The molecule has 0 unspecified atom stereocenters. The van der Waals surface area contributed by atoms with E-state index in [2.05, 4.69) is 25.7 Å². The van der Waals surface area contributed by atoms with Gasteiger partial charge in [-0.1, -0.05) is 104 Å². The van der Waals surface area contributed by atoms with Crippen molar-refractivity contribution in [3.8, 4) is 11.8 Å². The number of hydrogen-bond acceptors (Lipinski definition) is 0. The molecule has 0 nitrogen and oxygen atoms in total. The summed E-state index contributed by atoms with van der Waals surface area (Å²) in [5.41, 5.74) is 0. The van der Waals surface area contributed by atoms with Crippen LogP contribution < -0.4 is 0 Å². The van der Waals surface area contributed by atoms with Gasteiger partial charge >= 0.3 is 0 Å². The van der Waals surface area contributed by atoms with E-state index in [0.717, 1.165) is 12.8 Å². The van der Waals surface area contributed by atoms with Crippen molar-refractivity contribution in [3.63, 3.8) is 0 Å². The maximum absolute atomic E-state index is 3.31. The second-order valence-electron chi connectivity index (χ2n) is 6.80. The molecular weight excluding hydrogens is 264 g/mol. The lowest BCUT2D eigenvalue weighted by Crippen LogP contribution is -1.83. The van der Waals surface area contributed by atoms with Gasteiger partial charge in [0, 0.05) is 12.8 Å². The van der Waals surface area contributed by atoms with Gasteiger partial charge in [-0.25, -0.2) is 0 Å². The summed E-state index contributed by atoms with van der Waals surface area (Å²) in [7, 11) is 0. The molecule has 0 spiro atoms. The molecule has 0 aromatic carbocycles. The van der Waals surface area contributed by atoms with E-state index in [1.54, 1.807) is 0 Å². The van der Waals surface area contributed by atoms with Crippen molar-refractivity contribution in [1.82, 2.24) is 0 Å². The van der Waals surface area contributed by atoms with Crippen LogP contribution in [-0.4, -0.2) is 0 Å². The minimum Gasteiger partial charge on any atom is -0.103 e. The largest absolute Gasteiger partial charge is 0.103 e. The summed E-state index contributed by atoms with van der Waals surface area (Å²) in [6.45, 7) is 4.52. The zero-order valence-electron chi connectivity index (χ0n) is 15.7. The van der Waals surface area contributed by atoms with Crippen molar-refractivity contribution in [1.29, 1.82) is 0 Å². The lowest BCUT2D eigenvalue weighted by atomic mass is 10.0. The molecule has 0 radical (unpaired) electrons. The Morgan fingerprint density at radius 2 is 0.682 bits per heavy atom. The second kappa shape index (κ2) is 20.6. The fourth-order valence-electron chi connectivity index (χ4n) is 2.85. The second-order valence-corrected chi connectivity index (χ2v) is 6.80. The van der Waals surface area contributed by atoms with Crippen molar-refractivity contribution in [3.05, 3.63) is 0 Å². The quantitative estimate of drug-likeness (QED) is 0.200. The lowest BCUT2D eigenvalue weighted by molar-refractivity contribution is 0.536. The van der Waals surface area contributed by atoms with Crippen LogP contribution >= 0.6 is 0 Å². The minimum atomic E-state index is 1.11. The molecule has 0 saturated heterocycles. The molecule has 22 heavy (non-hydrogen) atoms. The molecule has 0 heterocycles. The van der Waals surface area contributed by atoms with E-state index in [9.17, 15) is 0 Å². The standard InChI is InChI=1S/C22H42/c1-3-5-7-9-11-13-15-17-19-21-22-20-18-16-14-12-10-8-6-4-2/h3-9,11,13-22H2,1-2H3. The summed E-state index contributed by atoms with van der Waals surface area (Å²) in [4.78, 5) is 0. The van der Waals surface area contributed by atoms with Crippen LogP contribution in [0.5, 0.6) is 0 Å². The van der Waals surface area contributed by atoms with Gasteiger partial charge in [-0.05, 0) is 12.8 Å². The summed E-state index contributed by atoms with van der Waals surface area (Å²) in [5.74, 6) is 6.60. The van der Waals surface area contributed by atoms with E-state index >= 15 is 0 Å². The first-order valence-electron chi connectivity index (χ1n) is 10.4. The van der Waals surface area contributed by atoms with Crippen molar-refractivity contribution in [2.24, 2.45) is 0 Å². The van der Waals surface area contributed by atoms with Gasteiger partial charge in [-0.3, -0.25) is 0 Å². The van der Waals surface area contributed by atoms with Crippen LogP contribution in [0, 0.1) is 11.8 Å². The van der Waals surface area contributed by atoms with E-state index < -0.39 is 0 Å². The summed E-state index contributed by atoms with van der Waals surface area (Å²) in [6.07, 6.45) is 24.9. The molecule has 0 aliphatic carbocycles. The summed E-state index contributed by atoms with van der Waals surface area (Å²) in [6, 6.07) is 0. The van der Waals surface area contributed by atoms with Gasteiger partial charge in [0.1, 0.15) is 0 Å². The molecule has 0 rings (SSSR count). The van der Waals surface area contributed by atoms with Crippen LogP contribution in [0.25, 0.3) is 0 Å². The predicted molar refractivity (Wildman–Crippen MR) is 102 cm³/mol. The van der Waals surface area contributed by atoms with Gasteiger partial charge in [0.25, 0.3) is 0 Å². The molecule has 0 atom stereocenters. The monoisotopic (exact) mass is 306 g/mol. The summed E-state index contributed by atoms with van der Waals surface area (Å²) in [5, 5.41) is 0. The molecule has 0 aromatic rings. The van der Waals surface area contributed by atoms with Gasteiger partial charge in [-0.2, -0.15) is 0 Å². The van der Waals surface area contributed by atoms with Crippen molar-refractivity contribution in [2.75, 3.05) is 0 Å². The van der Waals surface area contributed by atoms with E-state index in [1.807, 2.05) is 0 Å². The first-order chi connectivity index (χ1) is 10.9. The third-order valence-corrected chi connectivity index (χ3v) is 4.44. The molecule has 0 heteroatoms. The first-order valence-corrected chi connectivity index (χ1v) is 10.4. The number of unbranched alkanes of at least 4 members (excludes halogenated alkanes) is 16. The van der Waals surface area contributed by atoms with E-state index in [1.165, 1.54) is 103 Å². The molecule has 0 aromatic heterocycles. The third kappa shape index (κ3) is 19.6. The van der Waals surface area contributed by atoms with Crippen LogP contribution in [0.2, 0.25) is 0 Å². The van der Waals surface area contributed by atoms with Crippen LogP contribution in [0.3, 0.4) is 0 Å². The van der Waals surface area contributed by atoms with Crippen molar-refractivity contribution in [2.45, 2.75) is 129 Å². The maximum atomic E-state index is 3.31. The highest BCUT2D eigenvalue weighted by Gasteiger charge is 1.93. The molecule has 0 aliphatic heterocycles. The Morgan fingerprint density at radius 3 is 1.09 bits per heavy atom. The summed E-state index contributed by atoms with van der Waals surface area (Å²) >= 11 is 0. The average Bonchev–Trinajstić information content (AvgIpc) is 2.54. The SMILES string of the molecule is CCCCC#CCCCCCCCCCCCCCCCC. The van der Waals surface area contributed by atoms with Gasteiger partial charge in [0.15, 0.2) is 0 Å². The molecule has 0 amide bonds. The molecule has 0 bridgehead atoms. The molecule has 0 aliphatic rings. The Kier molecular flexibility index (Phi) is 20.1. The zero-order chi connectivity index (χ0) is 16.1. The van der Waals surface area contributed by atoms with Gasteiger partial charge in [0.2, 0.25) is 0 Å². The highest BCUT2D eigenvalue weighted by Crippen LogP contribution is 2.13. The number of rotatable bonds is 16. The van der Waals surface area contributed by atoms with Crippen molar-refractivity contribution < 1.29 is 0 Å². The third-order valence-electron chi connectivity index (χ3n) is 4.44. The fraction of sp³-hybridized carbons (Fsp3) is 0.909. The van der Waals surface area contributed by atoms with E-state index in [4.69, 9.17) is 0 Å². The van der Waals surface area contributed by atoms with Gasteiger partial charge in [0.05, 0.1) is 0 Å². The Hall–Kier alpha value is -0.440. The van der Waals surface area contributed by atoms with Crippen LogP contribution in [0.1, 0.15) is 129 Å². The smallest absolute Gasteiger partial charge is 0.00886 e. The predicted octanol–water partition coefficient (Wildman–Crippen LogP) is 8.05. The van der Waals surface area contributed by atoms with E-state index in [0.29, 0.717) is 0 Å². The topological polar surface area (TPSA) is 0 Å². The van der Waals surface area contributed by atoms with Crippen LogP contribution in [0.15, 0.2) is 0 Å². The first kappa shape index (κ1) is 21.6. The summed E-state index contributed by atoms with van der Waals surface area (Å²) < 4.78 is 0. The maximum Gasteiger partial charge on any atom is 0.00886 e. The lowest BCUT2D eigenvalue weighted by Gasteiger charge is -2.02. The van der Waals surface area contributed by atoms with E-state index in [-0.39, 0.29) is 0 Å². The Morgan fingerprint density at radius 1 is 0.364 bits per heavy atom. The van der Waals surface area contributed by atoms with Crippen molar-refractivity contribution >= 4 is 0 Å². The molecular formula is C22H42. The normalized spacial score (nSPS) is 10.5. The van der Waals surface area contributed by atoms with Gasteiger partial charge in [-0.15, -0.1) is 11.8 Å². The Bertz CT molecular complexity index is 242. The zero-order valence-corrected chi connectivity index (χ0v) is 15.7. The number of hydrogen-bond donors (Lipinski definition) is 0. The van der Waals surface area contributed by atoms with Crippen LogP contribution in [-0.2, 0) is 0 Å². The average molecular weight is 307 g/mol.